The Kier molecular flexibility index (Phi) is 6.41. The first-order chi connectivity index (χ1) is 16.8. The topological polar surface area (TPSA) is 92.2 Å². The molecule has 0 N–H and O–H groups in total. The van der Waals surface area contributed by atoms with Crippen LogP contribution in [0, 0.1) is 0 Å². The Balaban J connectivity index is 1.28. The number of benzene rings is 1. The van der Waals surface area contributed by atoms with Gasteiger partial charge in [0.2, 0.25) is 5.95 Å². The molecule has 4 heterocycles. The van der Waals surface area contributed by atoms with Crippen LogP contribution in [0.15, 0.2) is 53.7 Å². The molecule has 1 fully saturated rings. The second-order valence-electron chi connectivity index (χ2n) is 8.89. The lowest BCUT2D eigenvalue weighted by Crippen LogP contribution is -2.44. The van der Waals surface area contributed by atoms with Crippen LogP contribution in [-0.2, 0) is 16.3 Å². The Labute approximate surface area is 209 Å². The summed E-state index contributed by atoms with van der Waals surface area (Å²) in [6, 6.07) is 11.2. The highest BCUT2D eigenvalue weighted by Crippen LogP contribution is 2.32. The predicted molar refractivity (Wildman–Crippen MR) is 141 cm³/mol. The quantitative estimate of drug-likeness (QED) is 0.382. The molecule has 0 spiro atoms. The summed E-state index contributed by atoms with van der Waals surface area (Å²) in [5.41, 5.74) is 3.71. The van der Waals surface area contributed by atoms with Gasteiger partial charge in [0.15, 0.2) is 15.0 Å². The van der Waals surface area contributed by atoms with Gasteiger partial charge in [-0.25, -0.2) is 28.4 Å². The lowest BCUT2D eigenvalue weighted by Gasteiger charge is -2.36. The molecule has 1 aromatic carbocycles. The third-order valence-corrected chi connectivity index (χ3v) is 8.70. The number of piperidine rings is 1. The molecular formula is C25H28N6O2S2. The standard InChI is InChI=1S/C25H28N6O2S2/c1-4-17-15-26-24(27-16-17)31-13-11-19(12-14-31)30(2)25-29-22-10-9-21(28-23(22)34-25)18-5-7-20(8-6-18)35(3,32)33/h5-10,15-16,19H,4,11-14H2,1-3H3. The van der Waals surface area contributed by atoms with Crippen molar-refractivity contribution in [3.63, 3.8) is 0 Å². The van der Waals surface area contributed by atoms with E-state index in [1.165, 1.54) is 6.26 Å². The molecule has 0 saturated carbocycles. The Morgan fingerprint density at radius 3 is 2.34 bits per heavy atom. The van der Waals surface area contributed by atoms with Crippen molar-refractivity contribution in [2.75, 3.05) is 36.2 Å². The van der Waals surface area contributed by atoms with E-state index in [4.69, 9.17) is 9.97 Å². The number of hydrogen-bond acceptors (Lipinski definition) is 9. The minimum absolute atomic E-state index is 0.305. The van der Waals surface area contributed by atoms with E-state index in [-0.39, 0.29) is 0 Å². The van der Waals surface area contributed by atoms with Crippen LogP contribution in [0.1, 0.15) is 25.3 Å². The molecule has 4 aromatic rings. The molecule has 0 bridgehead atoms. The van der Waals surface area contributed by atoms with Gasteiger partial charge in [-0.15, -0.1) is 0 Å². The van der Waals surface area contributed by atoms with E-state index in [1.807, 2.05) is 24.5 Å². The summed E-state index contributed by atoms with van der Waals surface area (Å²) in [5, 5.41) is 0.957. The Morgan fingerprint density at radius 1 is 1.03 bits per heavy atom. The molecule has 0 atom stereocenters. The fourth-order valence-electron chi connectivity index (χ4n) is 4.29. The number of aromatic nitrogens is 4. The van der Waals surface area contributed by atoms with Crippen molar-refractivity contribution in [3.05, 3.63) is 54.4 Å². The van der Waals surface area contributed by atoms with E-state index in [0.717, 1.165) is 70.6 Å². The maximum atomic E-state index is 11.7. The second kappa shape index (κ2) is 9.50. The molecule has 1 saturated heterocycles. The highest BCUT2D eigenvalue weighted by atomic mass is 32.2. The number of fused-ring (bicyclic) bond motifs is 1. The largest absolute Gasteiger partial charge is 0.348 e. The van der Waals surface area contributed by atoms with Crippen molar-refractivity contribution in [3.8, 4) is 11.3 Å². The summed E-state index contributed by atoms with van der Waals surface area (Å²) in [5.74, 6) is 0.810. The molecule has 182 valence electrons. The van der Waals surface area contributed by atoms with Gasteiger partial charge in [-0.1, -0.05) is 30.4 Å². The van der Waals surface area contributed by atoms with Crippen LogP contribution < -0.4 is 9.80 Å². The minimum atomic E-state index is -3.22. The van der Waals surface area contributed by atoms with E-state index in [0.29, 0.717) is 10.9 Å². The number of hydrogen-bond donors (Lipinski definition) is 0. The fraction of sp³-hybridized carbons (Fsp3) is 0.360. The zero-order valence-electron chi connectivity index (χ0n) is 20.0. The van der Waals surface area contributed by atoms with Crippen molar-refractivity contribution in [2.24, 2.45) is 0 Å². The first-order valence-electron chi connectivity index (χ1n) is 11.7. The van der Waals surface area contributed by atoms with Crippen molar-refractivity contribution in [1.29, 1.82) is 0 Å². The Morgan fingerprint density at radius 2 is 1.71 bits per heavy atom. The molecule has 1 aliphatic rings. The molecule has 3 aromatic heterocycles. The first kappa shape index (κ1) is 23.6. The highest BCUT2D eigenvalue weighted by molar-refractivity contribution is 7.90. The summed E-state index contributed by atoms with van der Waals surface area (Å²) in [4.78, 5) is 24.4. The van der Waals surface area contributed by atoms with Gasteiger partial charge in [-0.05, 0) is 49.1 Å². The van der Waals surface area contributed by atoms with Gasteiger partial charge in [-0.2, -0.15) is 0 Å². The van der Waals surface area contributed by atoms with Crippen molar-refractivity contribution >= 4 is 42.6 Å². The number of rotatable bonds is 6. The molecule has 5 rings (SSSR count). The molecule has 0 aliphatic carbocycles. The van der Waals surface area contributed by atoms with Crippen LogP contribution in [0.2, 0.25) is 0 Å². The molecule has 0 unspecified atom stereocenters. The van der Waals surface area contributed by atoms with Crippen molar-refractivity contribution < 1.29 is 8.42 Å². The highest BCUT2D eigenvalue weighted by Gasteiger charge is 2.26. The van der Waals surface area contributed by atoms with E-state index >= 15 is 0 Å². The monoisotopic (exact) mass is 508 g/mol. The minimum Gasteiger partial charge on any atom is -0.348 e. The molecular weight excluding hydrogens is 480 g/mol. The van der Waals surface area contributed by atoms with Gasteiger partial charge in [0, 0.05) is 50.4 Å². The third kappa shape index (κ3) is 4.99. The van der Waals surface area contributed by atoms with Gasteiger partial charge < -0.3 is 9.80 Å². The van der Waals surface area contributed by atoms with Gasteiger partial charge in [-0.3, -0.25) is 0 Å². The molecule has 0 radical (unpaired) electrons. The molecule has 10 heteroatoms. The van der Waals surface area contributed by atoms with Crippen molar-refractivity contribution in [2.45, 2.75) is 37.1 Å². The van der Waals surface area contributed by atoms with Crippen LogP contribution in [-0.4, -0.2) is 60.8 Å². The maximum absolute atomic E-state index is 11.7. The number of anilines is 2. The SMILES string of the molecule is CCc1cnc(N2CCC(N(C)c3nc4ccc(-c5ccc(S(C)(=O)=O)cc5)nc4s3)CC2)nc1. The van der Waals surface area contributed by atoms with Crippen LogP contribution >= 0.6 is 11.3 Å². The summed E-state index contributed by atoms with van der Waals surface area (Å²) >= 11 is 1.59. The number of sulfone groups is 1. The normalized spacial score (nSPS) is 15.0. The first-order valence-corrected chi connectivity index (χ1v) is 14.4. The molecule has 35 heavy (non-hydrogen) atoms. The van der Waals surface area contributed by atoms with E-state index in [1.54, 1.807) is 35.6 Å². The van der Waals surface area contributed by atoms with Crippen LogP contribution in [0.3, 0.4) is 0 Å². The lowest BCUT2D eigenvalue weighted by atomic mass is 10.0. The van der Waals surface area contributed by atoms with Gasteiger partial charge in [0.25, 0.3) is 0 Å². The van der Waals surface area contributed by atoms with E-state index in [9.17, 15) is 8.42 Å². The molecule has 8 nitrogen and oxygen atoms in total. The Bertz CT molecular complexity index is 1430. The summed E-state index contributed by atoms with van der Waals surface area (Å²) in [6.45, 7) is 3.94. The van der Waals surface area contributed by atoms with Gasteiger partial charge >= 0.3 is 0 Å². The summed E-state index contributed by atoms with van der Waals surface area (Å²) in [7, 11) is -1.11. The fourth-order valence-corrected chi connectivity index (χ4v) is 5.90. The second-order valence-corrected chi connectivity index (χ2v) is 11.9. The van der Waals surface area contributed by atoms with Gasteiger partial charge in [0.05, 0.1) is 10.6 Å². The van der Waals surface area contributed by atoms with Crippen LogP contribution in [0.5, 0.6) is 0 Å². The lowest BCUT2D eigenvalue weighted by molar-refractivity contribution is 0.477. The summed E-state index contributed by atoms with van der Waals surface area (Å²) < 4.78 is 23.5. The molecule has 0 amide bonds. The predicted octanol–water partition coefficient (Wildman–Crippen LogP) is 4.22. The summed E-state index contributed by atoms with van der Waals surface area (Å²) in [6.07, 6.45) is 8.02. The number of thiazole rings is 1. The van der Waals surface area contributed by atoms with Crippen LogP contribution in [0.25, 0.3) is 21.6 Å². The molecule has 1 aliphatic heterocycles. The number of pyridine rings is 1. The zero-order valence-corrected chi connectivity index (χ0v) is 21.7. The third-order valence-electron chi connectivity index (χ3n) is 6.52. The zero-order chi connectivity index (χ0) is 24.6. The van der Waals surface area contributed by atoms with E-state index < -0.39 is 9.84 Å². The van der Waals surface area contributed by atoms with Gasteiger partial charge in [0.1, 0.15) is 10.3 Å². The van der Waals surface area contributed by atoms with Crippen molar-refractivity contribution in [1.82, 2.24) is 19.9 Å². The van der Waals surface area contributed by atoms with Crippen LogP contribution in [0.4, 0.5) is 11.1 Å². The Hall–Kier alpha value is -3.11. The average Bonchev–Trinajstić information content (AvgIpc) is 3.31. The van der Waals surface area contributed by atoms with E-state index in [2.05, 4.69) is 33.7 Å². The smallest absolute Gasteiger partial charge is 0.225 e. The average molecular weight is 509 g/mol. The maximum Gasteiger partial charge on any atom is 0.225 e. The number of aryl methyl sites for hydroxylation is 1. The number of nitrogens with zero attached hydrogens (tertiary/aromatic N) is 6.